The zero-order chi connectivity index (χ0) is 17.7. The molecule has 4 nitrogen and oxygen atoms in total. The first-order valence-corrected chi connectivity index (χ1v) is 8.10. The van der Waals surface area contributed by atoms with Crippen molar-refractivity contribution >= 4 is 46.7 Å². The summed E-state index contributed by atoms with van der Waals surface area (Å²) in [4.78, 5) is 23.5. The van der Waals surface area contributed by atoms with Crippen molar-refractivity contribution < 1.29 is 19.1 Å². The maximum absolute atomic E-state index is 11.8. The molecule has 0 atom stereocenters. The third kappa shape index (κ3) is 5.71. The molecule has 2 aromatic rings. The molecule has 0 aliphatic rings. The van der Waals surface area contributed by atoms with Crippen molar-refractivity contribution in [3.8, 4) is 11.5 Å². The first kappa shape index (κ1) is 18.6. The van der Waals surface area contributed by atoms with Crippen molar-refractivity contribution in [1.82, 2.24) is 0 Å². The van der Waals surface area contributed by atoms with E-state index >= 15 is 0 Å². The lowest BCUT2D eigenvalue weighted by atomic mass is 10.2. The van der Waals surface area contributed by atoms with Gasteiger partial charge in [-0.15, -0.1) is 0 Å². The van der Waals surface area contributed by atoms with Crippen LogP contribution in [0.4, 0.5) is 0 Å². The second-order valence-corrected chi connectivity index (χ2v) is 6.24. The summed E-state index contributed by atoms with van der Waals surface area (Å²) >= 11 is 17.5. The molecule has 0 bridgehead atoms. The van der Waals surface area contributed by atoms with Gasteiger partial charge < -0.3 is 9.47 Å². The van der Waals surface area contributed by atoms with Crippen molar-refractivity contribution in [2.24, 2.45) is 0 Å². The molecule has 0 heterocycles. The van der Waals surface area contributed by atoms with Gasteiger partial charge in [-0.05, 0) is 48.9 Å². The Morgan fingerprint density at radius 1 is 0.833 bits per heavy atom. The Hall–Kier alpha value is -1.75. The molecule has 0 unspecified atom stereocenters. The minimum Gasteiger partial charge on any atom is -0.427 e. The molecule has 2 rings (SSSR count). The van der Waals surface area contributed by atoms with Crippen LogP contribution in [-0.2, 0) is 9.59 Å². The lowest BCUT2D eigenvalue weighted by Crippen LogP contribution is -2.14. The Morgan fingerprint density at radius 3 is 1.92 bits per heavy atom. The van der Waals surface area contributed by atoms with Gasteiger partial charge in [-0.1, -0.05) is 34.8 Å². The van der Waals surface area contributed by atoms with Crippen LogP contribution in [-0.4, -0.2) is 11.9 Å². The van der Waals surface area contributed by atoms with Gasteiger partial charge in [-0.25, -0.2) is 0 Å². The summed E-state index contributed by atoms with van der Waals surface area (Å²) in [7, 11) is 0. The number of aryl methyl sites for hydroxylation is 1. The Kier molecular flexibility index (Phi) is 6.49. The molecule has 0 aromatic heterocycles. The van der Waals surface area contributed by atoms with Crippen molar-refractivity contribution in [3.63, 3.8) is 0 Å². The van der Waals surface area contributed by atoms with Gasteiger partial charge in [-0.3, -0.25) is 9.59 Å². The summed E-state index contributed by atoms with van der Waals surface area (Å²) in [5.74, 6) is -0.536. The average Bonchev–Trinajstić information content (AvgIpc) is 2.48. The fourth-order valence-electron chi connectivity index (χ4n) is 1.84. The fraction of sp³-hybridized carbons (Fsp3) is 0.176. The van der Waals surface area contributed by atoms with E-state index in [9.17, 15) is 9.59 Å². The summed E-state index contributed by atoms with van der Waals surface area (Å²) in [5.41, 5.74) is 0.791. The average molecular weight is 388 g/mol. The van der Waals surface area contributed by atoms with Crippen LogP contribution in [0.2, 0.25) is 15.1 Å². The molecule has 7 heteroatoms. The number of halogens is 3. The van der Waals surface area contributed by atoms with Gasteiger partial charge in [0.2, 0.25) is 0 Å². The highest BCUT2D eigenvalue weighted by Gasteiger charge is 2.12. The van der Waals surface area contributed by atoms with Crippen molar-refractivity contribution in [2.45, 2.75) is 19.8 Å². The van der Waals surface area contributed by atoms with Crippen LogP contribution in [0.25, 0.3) is 0 Å². The highest BCUT2D eigenvalue weighted by molar-refractivity contribution is 6.34. The first-order chi connectivity index (χ1) is 11.3. The van der Waals surface area contributed by atoms with E-state index in [1.165, 1.54) is 18.2 Å². The first-order valence-electron chi connectivity index (χ1n) is 6.97. The molecular formula is C17H13Cl3O4. The second kappa shape index (κ2) is 8.38. The van der Waals surface area contributed by atoms with E-state index in [0.29, 0.717) is 20.8 Å². The Labute approximate surface area is 154 Å². The fourth-order valence-corrected chi connectivity index (χ4v) is 2.46. The molecule has 0 fully saturated rings. The van der Waals surface area contributed by atoms with Gasteiger partial charge >= 0.3 is 11.9 Å². The molecule has 0 aliphatic heterocycles. The minimum absolute atomic E-state index is 0.116. The Bertz CT molecular complexity index is 754. The monoisotopic (exact) mass is 386 g/mol. The van der Waals surface area contributed by atoms with E-state index in [1.807, 2.05) is 0 Å². The zero-order valence-corrected chi connectivity index (χ0v) is 14.9. The molecule has 0 N–H and O–H groups in total. The molecule has 0 aliphatic carbocycles. The van der Waals surface area contributed by atoms with Crippen molar-refractivity contribution in [3.05, 3.63) is 57.0 Å². The summed E-state index contributed by atoms with van der Waals surface area (Å²) in [5, 5.41) is 1.28. The summed E-state index contributed by atoms with van der Waals surface area (Å²) in [6.45, 7) is 1.80. The highest BCUT2D eigenvalue weighted by Crippen LogP contribution is 2.25. The van der Waals surface area contributed by atoms with Gasteiger partial charge in [0.25, 0.3) is 0 Å². The predicted molar refractivity (Wildman–Crippen MR) is 93.2 cm³/mol. The largest absolute Gasteiger partial charge is 0.427 e. The number of esters is 2. The normalized spacial score (nSPS) is 10.3. The quantitative estimate of drug-likeness (QED) is 0.519. The molecule has 0 saturated carbocycles. The molecule has 0 saturated heterocycles. The maximum atomic E-state index is 11.8. The summed E-state index contributed by atoms with van der Waals surface area (Å²) in [6, 6.07) is 9.30. The van der Waals surface area contributed by atoms with Gasteiger partial charge in [0.15, 0.2) is 0 Å². The van der Waals surface area contributed by atoms with Gasteiger partial charge in [0.1, 0.15) is 11.5 Å². The van der Waals surface area contributed by atoms with E-state index < -0.39 is 11.9 Å². The molecule has 0 spiro atoms. The lowest BCUT2D eigenvalue weighted by molar-refractivity contribution is -0.140. The molecule has 2 aromatic carbocycles. The number of carbonyl (C=O) groups is 2. The summed E-state index contributed by atoms with van der Waals surface area (Å²) in [6.07, 6.45) is -0.246. The van der Waals surface area contributed by atoms with Crippen LogP contribution >= 0.6 is 34.8 Å². The van der Waals surface area contributed by atoms with Crippen LogP contribution in [0, 0.1) is 6.92 Å². The van der Waals surface area contributed by atoms with Crippen molar-refractivity contribution in [2.75, 3.05) is 0 Å². The van der Waals surface area contributed by atoms with E-state index in [2.05, 4.69) is 0 Å². The number of rotatable bonds is 5. The molecule has 0 radical (unpaired) electrons. The topological polar surface area (TPSA) is 52.6 Å². The molecule has 126 valence electrons. The number of hydrogen-bond acceptors (Lipinski definition) is 4. The van der Waals surface area contributed by atoms with Gasteiger partial charge in [-0.2, -0.15) is 0 Å². The molecule has 24 heavy (non-hydrogen) atoms. The van der Waals surface area contributed by atoms with E-state index in [-0.39, 0.29) is 18.6 Å². The van der Waals surface area contributed by atoms with Gasteiger partial charge in [0, 0.05) is 15.1 Å². The van der Waals surface area contributed by atoms with Gasteiger partial charge in [0.05, 0.1) is 12.8 Å². The second-order valence-electron chi connectivity index (χ2n) is 4.96. The van der Waals surface area contributed by atoms with E-state index in [1.54, 1.807) is 25.1 Å². The number of carbonyl (C=O) groups excluding carboxylic acids is 2. The van der Waals surface area contributed by atoms with Crippen LogP contribution < -0.4 is 9.47 Å². The number of hydrogen-bond donors (Lipinski definition) is 0. The van der Waals surface area contributed by atoms with E-state index in [0.717, 1.165) is 5.56 Å². The third-order valence-corrected chi connectivity index (χ3v) is 3.82. The number of benzene rings is 2. The standard InChI is InChI=1S/C17H13Cl3O4/c1-10-6-13(2-3-15(10)20)23-16(21)4-5-17(22)24-14-8-11(18)7-12(19)9-14/h2-3,6-9H,4-5H2,1H3. The van der Waals surface area contributed by atoms with Crippen LogP contribution in [0.1, 0.15) is 18.4 Å². The molecular weight excluding hydrogens is 375 g/mol. The Morgan fingerprint density at radius 2 is 1.38 bits per heavy atom. The minimum atomic E-state index is -0.586. The smallest absolute Gasteiger partial charge is 0.311 e. The van der Waals surface area contributed by atoms with Crippen molar-refractivity contribution in [1.29, 1.82) is 0 Å². The van der Waals surface area contributed by atoms with Crippen LogP contribution in [0.5, 0.6) is 11.5 Å². The highest BCUT2D eigenvalue weighted by atomic mass is 35.5. The third-order valence-electron chi connectivity index (χ3n) is 2.96. The zero-order valence-electron chi connectivity index (χ0n) is 12.6. The molecule has 0 amide bonds. The lowest BCUT2D eigenvalue weighted by Gasteiger charge is -2.07. The predicted octanol–water partition coefficient (Wildman–Crippen LogP) is 5.25. The van der Waals surface area contributed by atoms with Crippen LogP contribution in [0.15, 0.2) is 36.4 Å². The number of ether oxygens (including phenoxy) is 2. The Balaban J connectivity index is 1.84. The summed E-state index contributed by atoms with van der Waals surface area (Å²) < 4.78 is 10.2. The SMILES string of the molecule is Cc1cc(OC(=O)CCC(=O)Oc2cc(Cl)cc(Cl)c2)ccc1Cl. The van der Waals surface area contributed by atoms with E-state index in [4.69, 9.17) is 44.3 Å². The maximum Gasteiger partial charge on any atom is 0.311 e. The van der Waals surface area contributed by atoms with Crippen LogP contribution in [0.3, 0.4) is 0 Å².